The van der Waals surface area contributed by atoms with Gasteiger partial charge in [-0.25, -0.2) is 4.79 Å². The Morgan fingerprint density at radius 2 is 2.03 bits per heavy atom. The number of carbonyl (C=O) groups is 2. The number of aromatic hydroxyl groups is 1. The molecule has 0 spiro atoms. The van der Waals surface area contributed by atoms with Crippen molar-refractivity contribution in [3.05, 3.63) is 42.8 Å². The zero-order chi connectivity index (χ0) is 23.3. The Bertz CT molecular complexity index is 1120. The van der Waals surface area contributed by atoms with Crippen LogP contribution in [0.15, 0.2) is 17.7 Å². The number of phenols is 1. The van der Waals surface area contributed by atoms with Gasteiger partial charge >= 0.3 is 5.97 Å². The number of carbonyl (C=O) groups excluding carboxylic acids is 2. The molecule has 32 heavy (non-hydrogen) atoms. The Kier molecular flexibility index (Phi) is 8.15. The summed E-state index contributed by atoms with van der Waals surface area (Å²) in [5.41, 5.74) is 1.75. The quantitative estimate of drug-likeness (QED) is 0.210. The molecule has 7 nitrogen and oxygen atoms in total. The number of nitrogens with zero attached hydrogens (tertiary/aromatic N) is 1. The Morgan fingerprint density at radius 3 is 2.72 bits per heavy atom. The lowest BCUT2D eigenvalue weighted by Crippen LogP contribution is -2.16. The number of nitriles is 1. The van der Waals surface area contributed by atoms with Gasteiger partial charge in [0.15, 0.2) is 11.5 Å². The van der Waals surface area contributed by atoms with Crippen LogP contribution in [-0.4, -0.2) is 30.2 Å². The van der Waals surface area contributed by atoms with Crippen LogP contribution < -0.4 is 10.1 Å². The van der Waals surface area contributed by atoms with Crippen molar-refractivity contribution in [1.29, 1.82) is 5.26 Å². The Morgan fingerprint density at radius 1 is 1.28 bits per heavy atom. The molecule has 1 aromatic heterocycles. The third-order valence-electron chi connectivity index (χ3n) is 4.90. The number of ether oxygens (including phenoxy) is 2. The smallest absolute Gasteiger partial charge is 0.341 e. The molecule has 0 unspecified atom stereocenters. The summed E-state index contributed by atoms with van der Waals surface area (Å²) in [5, 5.41) is 22.9. The summed E-state index contributed by atoms with van der Waals surface area (Å²) in [7, 11) is 0. The zero-order valence-corrected chi connectivity index (χ0v) is 20.8. The molecule has 1 aliphatic carbocycles. The van der Waals surface area contributed by atoms with Crippen LogP contribution in [0.2, 0.25) is 0 Å². The predicted molar refractivity (Wildman–Crippen MR) is 131 cm³/mol. The zero-order valence-electron chi connectivity index (χ0n) is 17.8. The van der Waals surface area contributed by atoms with E-state index in [1.54, 1.807) is 26.0 Å². The fourth-order valence-corrected chi connectivity index (χ4v) is 5.40. The van der Waals surface area contributed by atoms with Gasteiger partial charge in [0.2, 0.25) is 0 Å². The van der Waals surface area contributed by atoms with E-state index in [1.807, 2.05) is 28.7 Å². The molecular formula is C23H23IN2O5S. The fourth-order valence-electron chi connectivity index (χ4n) is 3.50. The van der Waals surface area contributed by atoms with Crippen molar-refractivity contribution < 1.29 is 24.2 Å². The number of anilines is 1. The number of amides is 1. The highest BCUT2D eigenvalue weighted by atomic mass is 127. The molecule has 0 aliphatic heterocycles. The van der Waals surface area contributed by atoms with Crippen molar-refractivity contribution in [3.63, 3.8) is 0 Å². The van der Waals surface area contributed by atoms with Crippen LogP contribution >= 0.6 is 33.9 Å². The fraction of sp³-hybridized carbons (Fsp3) is 0.348. The molecule has 3 rings (SSSR count). The third kappa shape index (κ3) is 5.24. The van der Waals surface area contributed by atoms with Gasteiger partial charge in [0, 0.05) is 4.88 Å². The molecule has 0 atom stereocenters. The number of nitrogens with one attached hydrogen (secondary N) is 1. The minimum absolute atomic E-state index is 0.0100. The standard InChI is InChI=1S/C23H23IN2O5S/c1-3-30-17-11-13(10-16(24)20(17)27)9-14(12-25)21(28)26-22-19(23(29)31-4-2)15-7-5-6-8-18(15)32-22/h9-11,27H,3-8H2,1-2H3,(H,26,28). The van der Waals surface area contributed by atoms with Gasteiger partial charge in [-0.3, -0.25) is 4.79 Å². The van der Waals surface area contributed by atoms with E-state index in [2.05, 4.69) is 5.32 Å². The van der Waals surface area contributed by atoms with E-state index in [9.17, 15) is 20.0 Å². The molecule has 9 heteroatoms. The molecule has 0 saturated carbocycles. The molecular weight excluding hydrogens is 543 g/mol. The summed E-state index contributed by atoms with van der Waals surface area (Å²) < 4.78 is 11.2. The maximum atomic E-state index is 12.9. The van der Waals surface area contributed by atoms with Gasteiger partial charge in [-0.1, -0.05) is 0 Å². The Labute approximate surface area is 204 Å². The number of hydrogen-bond acceptors (Lipinski definition) is 7. The number of benzene rings is 1. The van der Waals surface area contributed by atoms with Gasteiger partial charge in [0.1, 0.15) is 16.6 Å². The van der Waals surface area contributed by atoms with Crippen LogP contribution in [0.25, 0.3) is 6.08 Å². The van der Waals surface area contributed by atoms with E-state index in [-0.39, 0.29) is 23.7 Å². The molecule has 2 N–H and O–H groups in total. The van der Waals surface area contributed by atoms with Crippen molar-refractivity contribution in [3.8, 4) is 17.6 Å². The second-order valence-corrected chi connectivity index (χ2v) is 9.31. The lowest BCUT2D eigenvalue weighted by Gasteiger charge is -2.12. The first-order chi connectivity index (χ1) is 15.4. The molecule has 2 aromatic rings. The highest BCUT2D eigenvalue weighted by molar-refractivity contribution is 14.1. The van der Waals surface area contributed by atoms with Crippen molar-refractivity contribution in [1.82, 2.24) is 0 Å². The second kappa shape index (κ2) is 10.8. The number of rotatable bonds is 7. The van der Waals surface area contributed by atoms with Crippen LogP contribution in [0.1, 0.15) is 53.1 Å². The topological polar surface area (TPSA) is 109 Å². The average Bonchev–Trinajstić information content (AvgIpc) is 3.13. The summed E-state index contributed by atoms with van der Waals surface area (Å²) in [4.78, 5) is 26.6. The van der Waals surface area contributed by atoms with Gasteiger partial charge < -0.3 is 19.9 Å². The molecule has 1 aromatic carbocycles. The van der Waals surface area contributed by atoms with E-state index >= 15 is 0 Å². The number of halogens is 1. The molecule has 1 heterocycles. The van der Waals surface area contributed by atoms with Crippen LogP contribution in [-0.2, 0) is 22.4 Å². The molecule has 1 amide bonds. The van der Waals surface area contributed by atoms with Crippen molar-refractivity contribution in [2.45, 2.75) is 39.5 Å². The summed E-state index contributed by atoms with van der Waals surface area (Å²) >= 11 is 3.33. The monoisotopic (exact) mass is 566 g/mol. The normalized spacial score (nSPS) is 13.1. The second-order valence-electron chi connectivity index (χ2n) is 7.04. The van der Waals surface area contributed by atoms with E-state index in [0.717, 1.165) is 36.1 Å². The lowest BCUT2D eigenvalue weighted by atomic mass is 9.95. The van der Waals surface area contributed by atoms with Gasteiger partial charge in [-0.05, 0) is 91.5 Å². The van der Waals surface area contributed by atoms with E-state index in [4.69, 9.17) is 9.47 Å². The summed E-state index contributed by atoms with van der Waals surface area (Å²) in [6.07, 6.45) is 5.07. The number of phenolic OH excluding ortho intramolecular Hbond substituents is 1. The van der Waals surface area contributed by atoms with Crippen LogP contribution in [0.4, 0.5) is 5.00 Å². The largest absolute Gasteiger partial charge is 0.504 e. The van der Waals surface area contributed by atoms with Gasteiger partial charge in [-0.2, -0.15) is 5.26 Å². The van der Waals surface area contributed by atoms with Crippen LogP contribution in [0.5, 0.6) is 11.5 Å². The van der Waals surface area contributed by atoms with Gasteiger partial charge in [0.25, 0.3) is 5.91 Å². The number of hydrogen-bond donors (Lipinski definition) is 2. The van der Waals surface area contributed by atoms with E-state index in [1.165, 1.54) is 17.4 Å². The molecule has 0 fully saturated rings. The first-order valence-electron chi connectivity index (χ1n) is 10.3. The predicted octanol–water partition coefficient (Wildman–Crippen LogP) is 5.06. The molecule has 1 aliphatic rings. The molecule has 0 saturated heterocycles. The lowest BCUT2D eigenvalue weighted by molar-refractivity contribution is -0.112. The van der Waals surface area contributed by atoms with Crippen LogP contribution in [0.3, 0.4) is 0 Å². The summed E-state index contributed by atoms with van der Waals surface area (Å²) in [5.74, 6) is -0.786. The molecule has 0 radical (unpaired) electrons. The first kappa shape index (κ1) is 24.1. The Hall–Kier alpha value is -2.58. The van der Waals surface area contributed by atoms with Crippen LogP contribution in [0, 0.1) is 14.9 Å². The summed E-state index contributed by atoms with van der Waals surface area (Å²) in [6.45, 7) is 4.13. The summed E-state index contributed by atoms with van der Waals surface area (Å²) in [6, 6.07) is 5.14. The maximum Gasteiger partial charge on any atom is 0.341 e. The van der Waals surface area contributed by atoms with E-state index in [0.29, 0.717) is 26.3 Å². The minimum Gasteiger partial charge on any atom is -0.504 e. The molecule has 168 valence electrons. The highest BCUT2D eigenvalue weighted by Gasteiger charge is 2.27. The van der Waals surface area contributed by atoms with Crippen molar-refractivity contribution in [2.75, 3.05) is 18.5 Å². The third-order valence-corrected chi connectivity index (χ3v) is 6.93. The Balaban J connectivity index is 1.93. The number of thiophene rings is 1. The number of fused-ring (bicyclic) bond motifs is 1. The van der Waals surface area contributed by atoms with Crippen molar-refractivity contribution >= 4 is 56.9 Å². The van der Waals surface area contributed by atoms with E-state index < -0.39 is 11.9 Å². The van der Waals surface area contributed by atoms with Crippen molar-refractivity contribution in [2.24, 2.45) is 0 Å². The van der Waals surface area contributed by atoms with Gasteiger partial charge in [0.05, 0.1) is 22.3 Å². The van der Waals surface area contributed by atoms with Gasteiger partial charge in [-0.15, -0.1) is 11.3 Å². The number of aryl methyl sites for hydroxylation is 1. The SMILES string of the molecule is CCOC(=O)c1c(NC(=O)C(C#N)=Cc2cc(I)c(O)c(OCC)c2)sc2c1CCCC2. The maximum absolute atomic E-state index is 12.9. The number of esters is 1. The molecule has 0 bridgehead atoms. The first-order valence-corrected chi connectivity index (χ1v) is 12.2. The highest BCUT2D eigenvalue weighted by Crippen LogP contribution is 2.39. The average molecular weight is 566 g/mol. The minimum atomic E-state index is -0.613.